The molecule has 1 aliphatic heterocycles. The molecule has 1 atom stereocenters. The minimum atomic E-state index is -0.810. The zero-order valence-electron chi connectivity index (χ0n) is 20.1. The van der Waals surface area contributed by atoms with E-state index in [1.54, 1.807) is 31.4 Å². The summed E-state index contributed by atoms with van der Waals surface area (Å²) in [4.78, 5) is 28.2. The van der Waals surface area contributed by atoms with Crippen molar-refractivity contribution in [1.82, 2.24) is 4.90 Å². The molecular formula is C28H27NO6. The summed E-state index contributed by atoms with van der Waals surface area (Å²) in [5.74, 6) is -0.371. The number of likely N-dealkylation sites (tertiary alicyclic amines) is 1. The van der Waals surface area contributed by atoms with E-state index in [2.05, 4.69) is 0 Å². The third-order valence-electron chi connectivity index (χ3n) is 6.09. The molecule has 1 fully saturated rings. The molecule has 0 radical (unpaired) electrons. The second-order valence-corrected chi connectivity index (χ2v) is 8.22. The Bertz CT molecular complexity index is 1310. The van der Waals surface area contributed by atoms with Crippen LogP contribution in [-0.2, 0) is 16.1 Å². The summed E-state index contributed by atoms with van der Waals surface area (Å²) < 4.78 is 16.2. The number of carbonyl (C=O) groups excluding carboxylic acids is 2. The summed E-state index contributed by atoms with van der Waals surface area (Å²) in [7, 11) is 4.53. The van der Waals surface area contributed by atoms with Crippen molar-refractivity contribution in [2.24, 2.45) is 0 Å². The summed E-state index contributed by atoms with van der Waals surface area (Å²) in [6, 6.07) is 19.0. The SMILES string of the molecule is COc1ccc(OC)c(/C(O)=C2\C(=O)C(=O)N(Cc3ccccc3OC)C2c2cccc(C)c2)c1. The molecule has 3 aromatic rings. The lowest BCUT2D eigenvalue weighted by Crippen LogP contribution is -2.29. The van der Waals surface area contributed by atoms with Crippen molar-refractivity contribution >= 4 is 17.4 Å². The number of aliphatic hydroxyl groups is 1. The molecule has 0 spiro atoms. The highest BCUT2D eigenvalue weighted by Crippen LogP contribution is 2.43. The van der Waals surface area contributed by atoms with E-state index in [-0.39, 0.29) is 23.4 Å². The molecule has 180 valence electrons. The number of hydrogen-bond acceptors (Lipinski definition) is 6. The number of para-hydroxylation sites is 1. The highest BCUT2D eigenvalue weighted by Gasteiger charge is 2.46. The van der Waals surface area contributed by atoms with Gasteiger partial charge in [0.05, 0.1) is 45.1 Å². The van der Waals surface area contributed by atoms with Crippen LogP contribution in [0.5, 0.6) is 17.2 Å². The van der Waals surface area contributed by atoms with Gasteiger partial charge in [0.25, 0.3) is 11.7 Å². The van der Waals surface area contributed by atoms with Crippen molar-refractivity contribution in [1.29, 1.82) is 0 Å². The van der Waals surface area contributed by atoms with Crippen LogP contribution in [0.3, 0.4) is 0 Å². The number of amides is 1. The van der Waals surface area contributed by atoms with E-state index >= 15 is 0 Å². The Morgan fingerprint density at radius 2 is 1.63 bits per heavy atom. The minimum absolute atomic E-state index is 0.0120. The average Bonchev–Trinajstić information content (AvgIpc) is 3.13. The predicted molar refractivity (Wildman–Crippen MR) is 132 cm³/mol. The molecule has 1 N–H and O–H groups in total. The fraction of sp³-hybridized carbons (Fsp3) is 0.214. The van der Waals surface area contributed by atoms with Gasteiger partial charge in [-0.2, -0.15) is 0 Å². The number of aryl methyl sites for hydroxylation is 1. The maximum Gasteiger partial charge on any atom is 0.295 e. The van der Waals surface area contributed by atoms with Gasteiger partial charge in [0.1, 0.15) is 23.0 Å². The van der Waals surface area contributed by atoms with Crippen LogP contribution in [0, 0.1) is 6.92 Å². The van der Waals surface area contributed by atoms with Crippen LogP contribution in [0.25, 0.3) is 5.76 Å². The van der Waals surface area contributed by atoms with Gasteiger partial charge in [-0.05, 0) is 36.8 Å². The number of aliphatic hydroxyl groups excluding tert-OH is 1. The van der Waals surface area contributed by atoms with Gasteiger partial charge in [-0.1, -0.05) is 48.0 Å². The van der Waals surface area contributed by atoms with Crippen LogP contribution in [-0.4, -0.2) is 43.0 Å². The topological polar surface area (TPSA) is 85.3 Å². The van der Waals surface area contributed by atoms with Crippen LogP contribution >= 0.6 is 0 Å². The Hall–Kier alpha value is -4.26. The first-order chi connectivity index (χ1) is 16.9. The molecule has 1 saturated heterocycles. The third kappa shape index (κ3) is 4.45. The van der Waals surface area contributed by atoms with Crippen molar-refractivity contribution in [2.45, 2.75) is 19.5 Å². The molecule has 1 unspecified atom stereocenters. The van der Waals surface area contributed by atoms with Crippen LogP contribution in [0.1, 0.15) is 28.3 Å². The smallest absolute Gasteiger partial charge is 0.295 e. The summed E-state index contributed by atoms with van der Waals surface area (Å²) in [6.07, 6.45) is 0. The van der Waals surface area contributed by atoms with Gasteiger partial charge in [0.2, 0.25) is 0 Å². The molecule has 0 saturated carbocycles. The van der Waals surface area contributed by atoms with Gasteiger partial charge in [-0.3, -0.25) is 9.59 Å². The van der Waals surface area contributed by atoms with E-state index in [0.29, 0.717) is 22.8 Å². The first kappa shape index (κ1) is 23.9. The molecule has 0 aromatic heterocycles. The Morgan fingerprint density at radius 1 is 0.886 bits per heavy atom. The lowest BCUT2D eigenvalue weighted by atomic mass is 9.94. The molecular weight excluding hydrogens is 446 g/mol. The number of rotatable bonds is 7. The number of ether oxygens (including phenoxy) is 3. The first-order valence-electron chi connectivity index (χ1n) is 11.1. The summed E-state index contributed by atoms with van der Waals surface area (Å²) in [6.45, 7) is 2.06. The Kier molecular flexibility index (Phi) is 6.78. The van der Waals surface area contributed by atoms with Gasteiger partial charge >= 0.3 is 0 Å². The largest absolute Gasteiger partial charge is 0.507 e. The summed E-state index contributed by atoms with van der Waals surface area (Å²) >= 11 is 0. The van der Waals surface area contributed by atoms with Crippen LogP contribution < -0.4 is 14.2 Å². The minimum Gasteiger partial charge on any atom is -0.507 e. The normalized spacial score (nSPS) is 16.9. The number of hydrogen-bond donors (Lipinski definition) is 1. The van der Waals surface area contributed by atoms with E-state index < -0.39 is 17.7 Å². The molecule has 7 nitrogen and oxygen atoms in total. The maximum absolute atomic E-state index is 13.4. The second-order valence-electron chi connectivity index (χ2n) is 8.22. The predicted octanol–water partition coefficient (Wildman–Crippen LogP) is 4.64. The van der Waals surface area contributed by atoms with Crippen molar-refractivity contribution in [3.63, 3.8) is 0 Å². The zero-order valence-corrected chi connectivity index (χ0v) is 20.1. The van der Waals surface area contributed by atoms with Crippen LogP contribution in [0.4, 0.5) is 0 Å². The lowest BCUT2D eigenvalue weighted by molar-refractivity contribution is -0.140. The van der Waals surface area contributed by atoms with Crippen molar-refractivity contribution in [3.05, 3.63) is 94.6 Å². The van der Waals surface area contributed by atoms with Crippen molar-refractivity contribution in [3.8, 4) is 17.2 Å². The third-order valence-corrected chi connectivity index (χ3v) is 6.09. The Balaban J connectivity index is 1.92. The van der Waals surface area contributed by atoms with E-state index in [1.807, 2.05) is 49.4 Å². The van der Waals surface area contributed by atoms with Gasteiger partial charge in [-0.25, -0.2) is 0 Å². The zero-order chi connectivity index (χ0) is 25.1. The molecule has 7 heteroatoms. The summed E-state index contributed by atoms with van der Waals surface area (Å²) in [5, 5.41) is 11.4. The molecule has 4 rings (SSSR count). The van der Waals surface area contributed by atoms with E-state index in [1.165, 1.54) is 19.1 Å². The monoisotopic (exact) mass is 473 g/mol. The molecule has 1 amide bonds. The van der Waals surface area contributed by atoms with Gasteiger partial charge in [0, 0.05) is 5.56 Å². The molecule has 1 aliphatic rings. The lowest BCUT2D eigenvalue weighted by Gasteiger charge is -2.26. The second kappa shape index (κ2) is 9.93. The number of ketones is 1. The molecule has 0 bridgehead atoms. The average molecular weight is 474 g/mol. The Morgan fingerprint density at radius 3 is 2.31 bits per heavy atom. The van der Waals surface area contributed by atoms with Gasteiger partial charge in [-0.15, -0.1) is 0 Å². The van der Waals surface area contributed by atoms with E-state index in [9.17, 15) is 14.7 Å². The van der Waals surface area contributed by atoms with Gasteiger partial charge < -0.3 is 24.2 Å². The number of methoxy groups -OCH3 is 3. The fourth-order valence-corrected chi connectivity index (χ4v) is 4.39. The first-order valence-corrected chi connectivity index (χ1v) is 11.1. The summed E-state index contributed by atoms with van der Waals surface area (Å²) in [5.41, 5.74) is 2.67. The number of benzene rings is 3. The molecule has 35 heavy (non-hydrogen) atoms. The fourth-order valence-electron chi connectivity index (χ4n) is 4.39. The number of carbonyl (C=O) groups is 2. The maximum atomic E-state index is 13.4. The molecule has 3 aromatic carbocycles. The van der Waals surface area contributed by atoms with Crippen LogP contribution in [0.15, 0.2) is 72.3 Å². The Labute approximate surface area is 204 Å². The number of Topliss-reactive ketones (excluding diaryl/α,β-unsaturated/α-hetero) is 1. The number of nitrogens with zero attached hydrogens (tertiary/aromatic N) is 1. The van der Waals surface area contributed by atoms with Crippen molar-refractivity contribution in [2.75, 3.05) is 21.3 Å². The standard InChI is InChI=1S/C28H27NO6/c1-17-8-7-10-18(14-17)25-24(26(30)21-15-20(33-2)12-13-23(21)35-4)27(31)28(32)29(25)16-19-9-5-6-11-22(19)34-3/h5-15,25,30H,16H2,1-4H3/b26-24+. The quantitative estimate of drug-likeness (QED) is 0.306. The van der Waals surface area contributed by atoms with Crippen LogP contribution in [0.2, 0.25) is 0 Å². The van der Waals surface area contributed by atoms with E-state index in [4.69, 9.17) is 14.2 Å². The van der Waals surface area contributed by atoms with Gasteiger partial charge in [0.15, 0.2) is 0 Å². The molecule has 1 heterocycles. The highest BCUT2D eigenvalue weighted by molar-refractivity contribution is 6.46. The molecule has 0 aliphatic carbocycles. The highest BCUT2D eigenvalue weighted by atomic mass is 16.5. The van der Waals surface area contributed by atoms with Crippen molar-refractivity contribution < 1.29 is 28.9 Å². The van der Waals surface area contributed by atoms with E-state index in [0.717, 1.165) is 11.1 Å².